The molecule has 1 saturated carbocycles. The number of rotatable bonds is 4. The fourth-order valence-corrected chi connectivity index (χ4v) is 5.33. The standard InChI is InChI=1S/C14H26OS2/c1-12-3-2-4-13(9-12)17-11-14(10-16)5-7-15-8-6-14/h12-13,16H,2-11H2,1H3. The lowest BCUT2D eigenvalue weighted by molar-refractivity contribution is 0.0370. The van der Waals surface area contributed by atoms with Crippen molar-refractivity contribution in [2.75, 3.05) is 24.7 Å². The molecule has 0 aromatic carbocycles. The van der Waals surface area contributed by atoms with Gasteiger partial charge in [-0.1, -0.05) is 19.8 Å². The summed E-state index contributed by atoms with van der Waals surface area (Å²) in [5.41, 5.74) is 0.465. The maximum Gasteiger partial charge on any atom is 0.0471 e. The first-order chi connectivity index (χ1) is 8.24. The fourth-order valence-electron chi connectivity index (χ4n) is 2.98. The molecule has 0 aromatic heterocycles. The van der Waals surface area contributed by atoms with E-state index in [2.05, 4.69) is 31.3 Å². The van der Waals surface area contributed by atoms with Crippen molar-refractivity contribution >= 4 is 24.4 Å². The highest BCUT2D eigenvalue weighted by Crippen LogP contribution is 2.40. The molecule has 1 aliphatic carbocycles. The van der Waals surface area contributed by atoms with E-state index < -0.39 is 0 Å². The molecule has 0 bridgehead atoms. The van der Waals surface area contributed by atoms with Crippen molar-refractivity contribution < 1.29 is 4.74 Å². The van der Waals surface area contributed by atoms with E-state index in [1.54, 1.807) is 0 Å². The second kappa shape index (κ2) is 6.72. The van der Waals surface area contributed by atoms with Gasteiger partial charge in [0.05, 0.1) is 0 Å². The van der Waals surface area contributed by atoms with Crippen molar-refractivity contribution in [3.63, 3.8) is 0 Å². The molecule has 0 radical (unpaired) electrons. The van der Waals surface area contributed by atoms with Crippen LogP contribution in [0.4, 0.5) is 0 Å². The third-order valence-corrected chi connectivity index (χ3v) is 6.75. The Morgan fingerprint density at radius 1 is 1.29 bits per heavy atom. The molecule has 0 amide bonds. The molecule has 100 valence electrons. The van der Waals surface area contributed by atoms with Crippen molar-refractivity contribution in [2.24, 2.45) is 11.3 Å². The van der Waals surface area contributed by atoms with E-state index >= 15 is 0 Å². The average molecular weight is 274 g/mol. The van der Waals surface area contributed by atoms with Gasteiger partial charge in [0.25, 0.3) is 0 Å². The first-order valence-electron chi connectivity index (χ1n) is 7.04. The highest BCUT2D eigenvalue weighted by atomic mass is 32.2. The molecular formula is C14H26OS2. The molecule has 0 N–H and O–H groups in total. The summed E-state index contributed by atoms with van der Waals surface area (Å²) in [6, 6.07) is 0. The van der Waals surface area contributed by atoms with Gasteiger partial charge in [-0.3, -0.25) is 0 Å². The largest absolute Gasteiger partial charge is 0.381 e. The number of thiol groups is 1. The molecule has 17 heavy (non-hydrogen) atoms. The van der Waals surface area contributed by atoms with Crippen LogP contribution in [0.5, 0.6) is 0 Å². The normalized spacial score (nSPS) is 33.5. The second-order valence-corrected chi connectivity index (χ2v) is 7.58. The molecule has 2 unspecified atom stereocenters. The van der Waals surface area contributed by atoms with Gasteiger partial charge in [-0.05, 0) is 42.8 Å². The lowest BCUT2D eigenvalue weighted by Crippen LogP contribution is -2.34. The van der Waals surface area contributed by atoms with Crippen LogP contribution in [0, 0.1) is 11.3 Å². The minimum absolute atomic E-state index is 0.465. The minimum Gasteiger partial charge on any atom is -0.381 e. The minimum atomic E-state index is 0.465. The monoisotopic (exact) mass is 274 g/mol. The maximum atomic E-state index is 5.49. The summed E-state index contributed by atoms with van der Waals surface area (Å²) < 4.78 is 5.49. The van der Waals surface area contributed by atoms with Crippen molar-refractivity contribution in [3.8, 4) is 0 Å². The highest BCUT2D eigenvalue weighted by molar-refractivity contribution is 7.99. The number of thioether (sulfide) groups is 1. The van der Waals surface area contributed by atoms with Crippen LogP contribution >= 0.6 is 24.4 Å². The van der Waals surface area contributed by atoms with Crippen LogP contribution in [0.15, 0.2) is 0 Å². The Bertz CT molecular complexity index is 226. The summed E-state index contributed by atoms with van der Waals surface area (Å²) in [5.74, 6) is 3.28. The van der Waals surface area contributed by atoms with Crippen molar-refractivity contribution in [1.29, 1.82) is 0 Å². The lowest BCUT2D eigenvalue weighted by atomic mass is 9.84. The van der Waals surface area contributed by atoms with E-state index in [1.165, 1.54) is 44.3 Å². The molecule has 1 saturated heterocycles. The third kappa shape index (κ3) is 4.07. The molecule has 2 atom stereocenters. The first kappa shape index (κ1) is 14.1. The molecular weight excluding hydrogens is 248 g/mol. The molecule has 3 heteroatoms. The van der Waals surface area contributed by atoms with E-state index in [0.717, 1.165) is 30.1 Å². The Morgan fingerprint density at radius 3 is 2.71 bits per heavy atom. The van der Waals surface area contributed by atoms with Crippen molar-refractivity contribution in [3.05, 3.63) is 0 Å². The Kier molecular flexibility index (Phi) is 5.56. The quantitative estimate of drug-likeness (QED) is 0.775. The Balaban J connectivity index is 1.78. The van der Waals surface area contributed by atoms with Gasteiger partial charge in [0.1, 0.15) is 0 Å². The van der Waals surface area contributed by atoms with E-state index in [9.17, 15) is 0 Å². The van der Waals surface area contributed by atoms with Gasteiger partial charge in [-0.2, -0.15) is 24.4 Å². The van der Waals surface area contributed by atoms with Gasteiger partial charge < -0.3 is 4.74 Å². The van der Waals surface area contributed by atoms with Gasteiger partial charge in [0.2, 0.25) is 0 Å². The molecule has 1 nitrogen and oxygen atoms in total. The highest BCUT2D eigenvalue weighted by Gasteiger charge is 2.32. The van der Waals surface area contributed by atoms with Gasteiger partial charge in [0, 0.05) is 24.2 Å². The topological polar surface area (TPSA) is 9.23 Å². The van der Waals surface area contributed by atoms with E-state index in [-0.39, 0.29) is 0 Å². The zero-order valence-electron chi connectivity index (χ0n) is 11.0. The zero-order valence-corrected chi connectivity index (χ0v) is 12.7. The van der Waals surface area contributed by atoms with Crippen LogP contribution in [-0.4, -0.2) is 30.0 Å². The predicted molar refractivity (Wildman–Crippen MR) is 80.2 cm³/mol. The van der Waals surface area contributed by atoms with Crippen LogP contribution in [0.2, 0.25) is 0 Å². The smallest absolute Gasteiger partial charge is 0.0471 e. The van der Waals surface area contributed by atoms with Crippen molar-refractivity contribution in [2.45, 2.75) is 50.7 Å². The summed E-state index contributed by atoms with van der Waals surface area (Å²) in [4.78, 5) is 0. The maximum absolute atomic E-state index is 5.49. The number of ether oxygens (including phenoxy) is 1. The van der Waals surface area contributed by atoms with E-state index in [0.29, 0.717) is 5.41 Å². The molecule has 1 aliphatic heterocycles. The van der Waals surface area contributed by atoms with Crippen LogP contribution < -0.4 is 0 Å². The number of hydrogen-bond acceptors (Lipinski definition) is 3. The van der Waals surface area contributed by atoms with Gasteiger partial charge in [-0.25, -0.2) is 0 Å². The Hall–Kier alpha value is 0.660. The van der Waals surface area contributed by atoms with Crippen LogP contribution in [-0.2, 0) is 4.74 Å². The SMILES string of the molecule is CC1CCCC(SCC2(CS)CCOCC2)C1. The predicted octanol–water partition coefficient (Wildman–Crippen LogP) is 4.02. The summed E-state index contributed by atoms with van der Waals surface area (Å²) in [7, 11) is 0. The van der Waals surface area contributed by atoms with Gasteiger partial charge >= 0.3 is 0 Å². The van der Waals surface area contributed by atoms with Crippen LogP contribution in [0.25, 0.3) is 0 Å². The van der Waals surface area contributed by atoms with Gasteiger partial charge in [-0.15, -0.1) is 0 Å². The van der Waals surface area contributed by atoms with E-state index in [4.69, 9.17) is 4.74 Å². The van der Waals surface area contributed by atoms with Crippen LogP contribution in [0.1, 0.15) is 45.4 Å². The number of hydrogen-bond donors (Lipinski definition) is 1. The lowest BCUT2D eigenvalue weighted by Gasteiger charge is -2.37. The molecule has 2 rings (SSSR count). The summed E-state index contributed by atoms with van der Waals surface area (Å²) in [6.07, 6.45) is 8.19. The molecule has 2 fully saturated rings. The summed E-state index contributed by atoms with van der Waals surface area (Å²) in [6.45, 7) is 4.31. The summed E-state index contributed by atoms with van der Waals surface area (Å²) >= 11 is 6.82. The zero-order chi connectivity index (χ0) is 12.1. The average Bonchev–Trinajstić information content (AvgIpc) is 2.38. The second-order valence-electron chi connectivity index (χ2n) is 5.98. The Labute approximate surface area is 116 Å². The van der Waals surface area contributed by atoms with Crippen LogP contribution in [0.3, 0.4) is 0 Å². The molecule has 2 aliphatic rings. The van der Waals surface area contributed by atoms with Gasteiger partial charge in [0.15, 0.2) is 0 Å². The fraction of sp³-hybridized carbons (Fsp3) is 1.00. The Morgan fingerprint density at radius 2 is 2.06 bits per heavy atom. The summed E-state index contributed by atoms with van der Waals surface area (Å²) in [5, 5.41) is 0.915. The first-order valence-corrected chi connectivity index (χ1v) is 8.72. The third-order valence-electron chi connectivity index (χ3n) is 4.40. The molecule has 1 heterocycles. The van der Waals surface area contributed by atoms with E-state index in [1.807, 2.05) is 0 Å². The molecule has 0 aromatic rings. The molecule has 0 spiro atoms. The van der Waals surface area contributed by atoms with Crippen molar-refractivity contribution in [1.82, 2.24) is 0 Å².